The highest BCUT2D eigenvalue weighted by Gasteiger charge is 1.99. The van der Waals surface area contributed by atoms with Gasteiger partial charge in [0.15, 0.2) is 0 Å². The molecule has 0 spiro atoms. The molecule has 82 valence electrons. The third-order valence-corrected chi connectivity index (χ3v) is 1.63. The summed E-state index contributed by atoms with van der Waals surface area (Å²) in [4.78, 5) is 21.5. The summed E-state index contributed by atoms with van der Waals surface area (Å²) < 4.78 is 0. The molecule has 0 radical (unpaired) electrons. The Kier molecular flexibility index (Phi) is 7.83. The number of rotatable bonds is 7. The molecule has 0 aromatic carbocycles. The number of hydrogen-bond acceptors (Lipinski definition) is 3. The van der Waals surface area contributed by atoms with Crippen molar-refractivity contribution in [2.75, 3.05) is 19.7 Å². The molecule has 0 aliphatic rings. The van der Waals surface area contributed by atoms with E-state index in [4.69, 9.17) is 5.11 Å². The van der Waals surface area contributed by atoms with Crippen LogP contribution in [0.2, 0.25) is 0 Å². The van der Waals surface area contributed by atoms with E-state index >= 15 is 0 Å². The van der Waals surface area contributed by atoms with Crippen LogP contribution in [-0.4, -0.2) is 36.6 Å². The lowest BCUT2D eigenvalue weighted by Gasteiger charge is -2.04. The van der Waals surface area contributed by atoms with Crippen LogP contribution < -0.4 is 10.6 Å². The number of carbonyl (C=O) groups excluding carboxylic acids is 2. The Morgan fingerprint density at radius 2 is 1.86 bits per heavy atom. The van der Waals surface area contributed by atoms with Gasteiger partial charge in [-0.15, -0.1) is 0 Å². The maximum Gasteiger partial charge on any atom is 0.221 e. The van der Waals surface area contributed by atoms with Crippen molar-refractivity contribution in [2.24, 2.45) is 0 Å². The minimum atomic E-state index is -0.127. The lowest BCUT2D eigenvalue weighted by atomic mass is 10.3. The van der Waals surface area contributed by atoms with Gasteiger partial charge in [0.25, 0.3) is 0 Å². The minimum Gasteiger partial charge on any atom is -0.396 e. The lowest BCUT2D eigenvalue weighted by Crippen LogP contribution is -2.30. The van der Waals surface area contributed by atoms with Gasteiger partial charge in [-0.25, -0.2) is 0 Å². The van der Waals surface area contributed by atoms with E-state index in [1.165, 1.54) is 6.92 Å². The largest absolute Gasteiger partial charge is 0.396 e. The van der Waals surface area contributed by atoms with E-state index in [2.05, 4.69) is 10.6 Å². The summed E-state index contributed by atoms with van der Waals surface area (Å²) in [5.41, 5.74) is 0. The first-order chi connectivity index (χ1) is 6.66. The van der Waals surface area contributed by atoms with Gasteiger partial charge in [0.05, 0.1) is 0 Å². The zero-order valence-electron chi connectivity index (χ0n) is 8.51. The molecule has 0 aliphatic carbocycles. The fraction of sp³-hybridized carbons (Fsp3) is 0.778. The molecule has 14 heavy (non-hydrogen) atoms. The average molecular weight is 202 g/mol. The summed E-state index contributed by atoms with van der Waals surface area (Å²) in [5, 5.41) is 13.7. The Hall–Kier alpha value is -1.10. The third kappa shape index (κ3) is 8.99. The molecule has 0 aromatic heterocycles. The molecule has 0 saturated heterocycles. The Labute approximate surface area is 83.9 Å². The number of nitrogens with one attached hydrogen (secondary N) is 2. The molecule has 0 bridgehead atoms. The smallest absolute Gasteiger partial charge is 0.221 e. The summed E-state index contributed by atoms with van der Waals surface area (Å²) >= 11 is 0. The van der Waals surface area contributed by atoms with Crippen LogP contribution in [0.15, 0.2) is 0 Å². The zero-order chi connectivity index (χ0) is 10.8. The molecule has 0 aromatic rings. The van der Waals surface area contributed by atoms with Crippen LogP contribution in [0.5, 0.6) is 0 Å². The molecule has 2 amide bonds. The highest BCUT2D eigenvalue weighted by molar-refractivity contribution is 5.77. The number of unbranched alkanes of at least 4 members (excludes halogenated alkanes) is 1. The first-order valence-corrected chi connectivity index (χ1v) is 4.79. The van der Waals surface area contributed by atoms with E-state index in [1.54, 1.807) is 0 Å². The number of carbonyl (C=O) groups is 2. The van der Waals surface area contributed by atoms with E-state index in [9.17, 15) is 9.59 Å². The van der Waals surface area contributed by atoms with E-state index in [0.717, 1.165) is 6.42 Å². The molecule has 0 atom stereocenters. The van der Waals surface area contributed by atoms with Crippen molar-refractivity contribution in [2.45, 2.75) is 26.2 Å². The number of aliphatic hydroxyl groups excluding tert-OH is 1. The summed E-state index contributed by atoms with van der Waals surface area (Å²) in [6.45, 7) is 2.53. The van der Waals surface area contributed by atoms with Crippen molar-refractivity contribution >= 4 is 11.8 Å². The van der Waals surface area contributed by atoms with E-state index in [-0.39, 0.29) is 18.4 Å². The van der Waals surface area contributed by atoms with Crippen LogP contribution in [0.25, 0.3) is 0 Å². The third-order valence-electron chi connectivity index (χ3n) is 1.63. The maximum absolute atomic E-state index is 11.1. The number of hydrogen-bond donors (Lipinski definition) is 3. The predicted octanol–water partition coefficient (Wildman–Crippen LogP) is -0.599. The van der Waals surface area contributed by atoms with Gasteiger partial charge >= 0.3 is 0 Å². The monoisotopic (exact) mass is 202 g/mol. The molecule has 0 unspecified atom stereocenters. The number of aliphatic hydroxyl groups is 1. The van der Waals surface area contributed by atoms with Gasteiger partial charge in [-0.05, 0) is 12.8 Å². The first-order valence-electron chi connectivity index (χ1n) is 4.79. The minimum absolute atomic E-state index is 0.0725. The normalized spacial score (nSPS) is 9.57. The molecule has 0 saturated carbocycles. The molecule has 3 N–H and O–H groups in total. The summed E-state index contributed by atoms with van der Waals surface area (Å²) in [6, 6.07) is 0. The Morgan fingerprint density at radius 1 is 1.14 bits per heavy atom. The summed E-state index contributed by atoms with van der Waals surface area (Å²) in [6.07, 6.45) is 1.78. The van der Waals surface area contributed by atoms with Gasteiger partial charge in [-0.1, -0.05) is 0 Å². The van der Waals surface area contributed by atoms with Crippen LogP contribution >= 0.6 is 0 Å². The topological polar surface area (TPSA) is 78.4 Å². The Bertz CT molecular complexity index is 183. The van der Waals surface area contributed by atoms with Crippen molar-refractivity contribution in [3.8, 4) is 0 Å². The molecular weight excluding hydrogens is 184 g/mol. The predicted molar refractivity (Wildman–Crippen MR) is 52.6 cm³/mol. The second-order valence-electron chi connectivity index (χ2n) is 3.01. The second kappa shape index (κ2) is 8.50. The number of amides is 2. The van der Waals surface area contributed by atoms with Gasteiger partial charge in [-0.3, -0.25) is 9.59 Å². The molecule has 0 fully saturated rings. The van der Waals surface area contributed by atoms with Crippen molar-refractivity contribution < 1.29 is 14.7 Å². The van der Waals surface area contributed by atoms with Gasteiger partial charge < -0.3 is 15.7 Å². The van der Waals surface area contributed by atoms with Gasteiger partial charge in [0.2, 0.25) is 11.8 Å². The van der Waals surface area contributed by atoms with E-state index in [1.807, 2.05) is 0 Å². The molecule has 0 heterocycles. The highest BCUT2D eigenvalue weighted by atomic mass is 16.3. The quantitative estimate of drug-likeness (QED) is 0.482. The molecule has 5 heteroatoms. The fourth-order valence-corrected chi connectivity index (χ4v) is 0.905. The van der Waals surface area contributed by atoms with Crippen molar-refractivity contribution in [1.29, 1.82) is 0 Å². The van der Waals surface area contributed by atoms with Crippen molar-refractivity contribution in [3.63, 3.8) is 0 Å². The highest BCUT2D eigenvalue weighted by Crippen LogP contribution is 1.85. The fourth-order valence-electron chi connectivity index (χ4n) is 0.905. The standard InChI is InChI=1S/C9H18N2O3/c1-8(13)10-6-4-9(14)11-5-2-3-7-12/h12H,2-7H2,1H3,(H,10,13)(H,11,14). The lowest BCUT2D eigenvalue weighted by molar-refractivity contribution is -0.121. The molecule has 0 aliphatic heterocycles. The van der Waals surface area contributed by atoms with Crippen LogP contribution in [0.3, 0.4) is 0 Å². The van der Waals surface area contributed by atoms with E-state index < -0.39 is 0 Å². The van der Waals surface area contributed by atoms with Crippen LogP contribution in [0.1, 0.15) is 26.2 Å². The van der Waals surface area contributed by atoms with Gasteiger partial charge in [0.1, 0.15) is 0 Å². The average Bonchev–Trinajstić information content (AvgIpc) is 2.12. The van der Waals surface area contributed by atoms with Crippen LogP contribution in [0, 0.1) is 0 Å². The van der Waals surface area contributed by atoms with Crippen molar-refractivity contribution in [1.82, 2.24) is 10.6 Å². The van der Waals surface area contributed by atoms with Gasteiger partial charge in [0, 0.05) is 33.0 Å². The SMILES string of the molecule is CC(=O)NCCC(=O)NCCCCO. The van der Waals surface area contributed by atoms with Crippen LogP contribution in [0.4, 0.5) is 0 Å². The summed E-state index contributed by atoms with van der Waals surface area (Å²) in [7, 11) is 0. The molecule has 5 nitrogen and oxygen atoms in total. The Morgan fingerprint density at radius 3 is 2.43 bits per heavy atom. The maximum atomic E-state index is 11.1. The summed E-state index contributed by atoms with van der Waals surface area (Å²) in [5.74, 6) is -0.199. The zero-order valence-corrected chi connectivity index (χ0v) is 8.51. The molecular formula is C9H18N2O3. The molecule has 0 rings (SSSR count). The van der Waals surface area contributed by atoms with Gasteiger partial charge in [-0.2, -0.15) is 0 Å². The Balaban J connectivity index is 3.24. The van der Waals surface area contributed by atoms with Crippen molar-refractivity contribution in [3.05, 3.63) is 0 Å². The van der Waals surface area contributed by atoms with E-state index in [0.29, 0.717) is 25.9 Å². The van der Waals surface area contributed by atoms with Crippen LogP contribution in [-0.2, 0) is 9.59 Å². The second-order valence-corrected chi connectivity index (χ2v) is 3.01. The first kappa shape index (κ1) is 12.9.